The molecule has 6 nitrogen and oxygen atoms in total. The number of aryl methyl sites for hydroxylation is 1. The van der Waals surface area contributed by atoms with Crippen LogP contribution in [0, 0.1) is 12.8 Å². The zero-order valence-corrected chi connectivity index (χ0v) is 14.5. The van der Waals surface area contributed by atoms with E-state index >= 15 is 0 Å². The normalized spacial score (nSPS) is 18.3. The highest BCUT2D eigenvalue weighted by atomic mass is 16.5. The number of ether oxygens (including phenoxy) is 1. The zero-order chi connectivity index (χ0) is 16.9. The van der Waals surface area contributed by atoms with Crippen LogP contribution in [0.5, 0.6) is 0 Å². The Hall–Kier alpha value is -1.92. The molecule has 0 radical (unpaired) electrons. The van der Waals surface area contributed by atoms with E-state index < -0.39 is 0 Å². The number of pyridine rings is 1. The molecule has 6 heteroatoms. The second kappa shape index (κ2) is 7.77. The molecule has 1 atom stereocenters. The zero-order valence-electron chi connectivity index (χ0n) is 14.5. The van der Waals surface area contributed by atoms with Gasteiger partial charge in [0.25, 0.3) is 5.91 Å². The van der Waals surface area contributed by atoms with Crippen molar-refractivity contribution in [2.45, 2.75) is 19.8 Å². The van der Waals surface area contributed by atoms with Crippen molar-refractivity contribution in [1.82, 2.24) is 19.6 Å². The van der Waals surface area contributed by atoms with Gasteiger partial charge >= 0.3 is 0 Å². The summed E-state index contributed by atoms with van der Waals surface area (Å²) in [5, 5.41) is 3.08. The van der Waals surface area contributed by atoms with Gasteiger partial charge in [-0.15, -0.1) is 0 Å². The standard InChI is InChI=1S/C18H26N4O2/c1-14-11-22-13-16(4-5-17(22)20-14)18(23)19-10-15-6-8-21(12-15)7-3-9-24-2/h4-5,11,13,15H,3,6-10,12H2,1-2H3,(H,19,23)/t15-/m1/s1. The molecule has 3 heterocycles. The summed E-state index contributed by atoms with van der Waals surface area (Å²) >= 11 is 0. The molecule has 0 aromatic carbocycles. The van der Waals surface area contributed by atoms with Gasteiger partial charge in [0.15, 0.2) is 0 Å². The molecule has 0 unspecified atom stereocenters. The monoisotopic (exact) mass is 330 g/mol. The Morgan fingerprint density at radius 2 is 2.29 bits per heavy atom. The molecule has 24 heavy (non-hydrogen) atoms. The Kier molecular flexibility index (Phi) is 5.48. The number of aromatic nitrogens is 2. The van der Waals surface area contributed by atoms with E-state index in [4.69, 9.17) is 4.74 Å². The molecule has 0 saturated carbocycles. The van der Waals surface area contributed by atoms with E-state index in [0.29, 0.717) is 11.5 Å². The molecule has 130 valence electrons. The van der Waals surface area contributed by atoms with Crippen LogP contribution in [0.15, 0.2) is 24.5 Å². The van der Waals surface area contributed by atoms with Gasteiger partial charge in [-0.1, -0.05) is 0 Å². The lowest BCUT2D eigenvalue weighted by Crippen LogP contribution is -2.31. The van der Waals surface area contributed by atoms with Crippen molar-refractivity contribution in [1.29, 1.82) is 0 Å². The highest BCUT2D eigenvalue weighted by Crippen LogP contribution is 2.16. The summed E-state index contributed by atoms with van der Waals surface area (Å²) in [5.41, 5.74) is 2.49. The van der Waals surface area contributed by atoms with E-state index in [-0.39, 0.29) is 5.91 Å². The van der Waals surface area contributed by atoms with Crippen LogP contribution in [0.25, 0.3) is 5.65 Å². The van der Waals surface area contributed by atoms with E-state index in [1.54, 1.807) is 7.11 Å². The first-order valence-electron chi connectivity index (χ1n) is 8.60. The molecule has 1 amide bonds. The maximum absolute atomic E-state index is 12.4. The third-order valence-electron chi connectivity index (χ3n) is 4.58. The third kappa shape index (κ3) is 4.13. The van der Waals surface area contributed by atoms with Crippen molar-refractivity contribution in [3.8, 4) is 0 Å². The molecular weight excluding hydrogens is 304 g/mol. The van der Waals surface area contributed by atoms with Gasteiger partial charge < -0.3 is 19.4 Å². The lowest BCUT2D eigenvalue weighted by atomic mass is 10.1. The van der Waals surface area contributed by atoms with E-state index in [0.717, 1.165) is 57.0 Å². The minimum absolute atomic E-state index is 0.0129. The summed E-state index contributed by atoms with van der Waals surface area (Å²) in [7, 11) is 1.74. The number of nitrogens with zero attached hydrogens (tertiary/aromatic N) is 3. The van der Waals surface area contributed by atoms with Crippen molar-refractivity contribution in [3.63, 3.8) is 0 Å². The van der Waals surface area contributed by atoms with Crippen LogP contribution in [-0.2, 0) is 4.74 Å². The molecule has 2 aromatic heterocycles. The second-order valence-electron chi connectivity index (χ2n) is 6.58. The number of likely N-dealkylation sites (tertiary alicyclic amines) is 1. The number of nitrogens with one attached hydrogen (secondary N) is 1. The summed E-state index contributed by atoms with van der Waals surface area (Å²) in [5.74, 6) is 0.525. The van der Waals surface area contributed by atoms with Crippen LogP contribution in [0.1, 0.15) is 28.9 Å². The SMILES string of the molecule is COCCCN1CC[C@H](CNC(=O)c2ccc3nc(C)cn3c2)C1. The van der Waals surface area contributed by atoms with E-state index in [1.165, 1.54) is 0 Å². The molecular formula is C18H26N4O2. The molecule has 0 spiro atoms. The highest BCUT2D eigenvalue weighted by Gasteiger charge is 2.22. The number of amides is 1. The number of methoxy groups -OCH3 is 1. The van der Waals surface area contributed by atoms with Gasteiger partial charge in [0, 0.05) is 45.7 Å². The van der Waals surface area contributed by atoms with Gasteiger partial charge in [0.05, 0.1) is 11.3 Å². The van der Waals surface area contributed by atoms with Crippen molar-refractivity contribution >= 4 is 11.6 Å². The van der Waals surface area contributed by atoms with Crippen LogP contribution < -0.4 is 5.32 Å². The topological polar surface area (TPSA) is 58.9 Å². The quantitative estimate of drug-likeness (QED) is 0.786. The van der Waals surface area contributed by atoms with Crippen LogP contribution in [-0.4, -0.2) is 60.1 Å². The number of hydrogen-bond acceptors (Lipinski definition) is 4. The molecule has 1 aliphatic heterocycles. The van der Waals surface area contributed by atoms with Gasteiger partial charge in [0.2, 0.25) is 0 Å². The summed E-state index contributed by atoms with van der Waals surface area (Å²) in [6, 6.07) is 3.72. The molecule has 3 rings (SSSR count). The van der Waals surface area contributed by atoms with Crippen molar-refractivity contribution in [3.05, 3.63) is 35.8 Å². The minimum Gasteiger partial charge on any atom is -0.385 e. The lowest BCUT2D eigenvalue weighted by molar-refractivity contribution is 0.0947. The molecule has 1 saturated heterocycles. The van der Waals surface area contributed by atoms with Crippen LogP contribution in [0.2, 0.25) is 0 Å². The number of carbonyl (C=O) groups is 1. The molecule has 0 bridgehead atoms. The first kappa shape index (κ1) is 16.9. The van der Waals surface area contributed by atoms with Gasteiger partial charge in [0.1, 0.15) is 5.65 Å². The first-order valence-corrected chi connectivity index (χ1v) is 8.60. The summed E-state index contributed by atoms with van der Waals surface area (Å²) < 4.78 is 7.00. The Labute approximate surface area is 142 Å². The Morgan fingerprint density at radius 3 is 3.12 bits per heavy atom. The number of carbonyl (C=O) groups excluding carboxylic acids is 1. The largest absolute Gasteiger partial charge is 0.385 e. The smallest absolute Gasteiger partial charge is 0.252 e. The first-order chi connectivity index (χ1) is 11.7. The van der Waals surface area contributed by atoms with Gasteiger partial charge in [-0.3, -0.25) is 4.79 Å². The number of fused-ring (bicyclic) bond motifs is 1. The lowest BCUT2D eigenvalue weighted by Gasteiger charge is -2.16. The number of rotatable bonds is 7. The van der Waals surface area contributed by atoms with Crippen LogP contribution in [0.4, 0.5) is 0 Å². The number of imidazole rings is 1. The summed E-state index contributed by atoms with van der Waals surface area (Å²) in [4.78, 5) is 19.2. The number of hydrogen-bond donors (Lipinski definition) is 1. The fourth-order valence-corrected chi connectivity index (χ4v) is 3.31. The Bertz CT molecular complexity index is 697. The third-order valence-corrected chi connectivity index (χ3v) is 4.58. The average molecular weight is 330 g/mol. The average Bonchev–Trinajstić information content (AvgIpc) is 3.17. The Balaban J connectivity index is 1.48. The van der Waals surface area contributed by atoms with Gasteiger partial charge in [-0.05, 0) is 44.4 Å². The predicted molar refractivity (Wildman–Crippen MR) is 93.3 cm³/mol. The summed E-state index contributed by atoms with van der Waals surface area (Å²) in [6.45, 7) is 6.75. The van der Waals surface area contributed by atoms with Crippen molar-refractivity contribution in [2.24, 2.45) is 5.92 Å². The van der Waals surface area contributed by atoms with Crippen molar-refractivity contribution < 1.29 is 9.53 Å². The fourth-order valence-electron chi connectivity index (χ4n) is 3.31. The molecule has 1 fully saturated rings. The predicted octanol–water partition coefficient (Wildman–Crippen LogP) is 1.73. The minimum atomic E-state index is -0.0129. The Morgan fingerprint density at radius 1 is 1.42 bits per heavy atom. The fraction of sp³-hybridized carbons (Fsp3) is 0.556. The van der Waals surface area contributed by atoms with E-state index in [1.807, 2.05) is 35.9 Å². The van der Waals surface area contributed by atoms with E-state index in [9.17, 15) is 4.79 Å². The van der Waals surface area contributed by atoms with Crippen LogP contribution >= 0.6 is 0 Å². The second-order valence-corrected chi connectivity index (χ2v) is 6.58. The molecule has 2 aromatic rings. The van der Waals surface area contributed by atoms with Crippen LogP contribution in [0.3, 0.4) is 0 Å². The molecule has 1 aliphatic rings. The summed E-state index contributed by atoms with van der Waals surface area (Å²) in [6.07, 6.45) is 5.99. The van der Waals surface area contributed by atoms with E-state index in [2.05, 4.69) is 15.2 Å². The maximum atomic E-state index is 12.4. The van der Waals surface area contributed by atoms with Gasteiger partial charge in [-0.2, -0.15) is 0 Å². The van der Waals surface area contributed by atoms with Crippen molar-refractivity contribution in [2.75, 3.05) is 39.9 Å². The molecule has 0 aliphatic carbocycles. The maximum Gasteiger partial charge on any atom is 0.252 e. The highest BCUT2D eigenvalue weighted by molar-refractivity contribution is 5.94. The van der Waals surface area contributed by atoms with Gasteiger partial charge in [-0.25, -0.2) is 4.98 Å². The molecule has 1 N–H and O–H groups in total.